The molecule has 0 spiro atoms. The molecule has 1 saturated carbocycles. The SMILES string of the molecule is COc1cccc(C(=O)N2C[C@@H]3CCC[C@@]3(C(=O)O)C2)c1O. The molecule has 118 valence electrons. The Hall–Kier alpha value is -2.24. The summed E-state index contributed by atoms with van der Waals surface area (Å²) in [6.07, 6.45) is 2.34. The van der Waals surface area contributed by atoms with Gasteiger partial charge in [-0.05, 0) is 30.9 Å². The van der Waals surface area contributed by atoms with Crippen molar-refractivity contribution in [3.05, 3.63) is 23.8 Å². The molecule has 1 aromatic carbocycles. The number of aromatic hydroxyl groups is 1. The van der Waals surface area contributed by atoms with E-state index in [2.05, 4.69) is 0 Å². The van der Waals surface area contributed by atoms with Crippen LogP contribution >= 0.6 is 0 Å². The molecule has 1 heterocycles. The number of nitrogens with zero attached hydrogens (tertiary/aromatic N) is 1. The molecule has 6 nitrogen and oxygen atoms in total. The van der Waals surface area contributed by atoms with Crippen LogP contribution in [-0.4, -0.2) is 47.2 Å². The van der Waals surface area contributed by atoms with Gasteiger partial charge in [-0.1, -0.05) is 12.5 Å². The molecule has 2 atom stereocenters. The van der Waals surface area contributed by atoms with Crippen LogP contribution in [0, 0.1) is 11.3 Å². The van der Waals surface area contributed by atoms with Crippen LogP contribution in [-0.2, 0) is 4.79 Å². The fraction of sp³-hybridized carbons (Fsp3) is 0.500. The second-order valence-electron chi connectivity index (χ2n) is 6.09. The summed E-state index contributed by atoms with van der Waals surface area (Å²) in [5.74, 6) is -1.12. The summed E-state index contributed by atoms with van der Waals surface area (Å²) >= 11 is 0. The number of likely N-dealkylation sites (tertiary alicyclic amines) is 1. The third kappa shape index (κ3) is 2.01. The number of benzene rings is 1. The second-order valence-corrected chi connectivity index (χ2v) is 6.09. The van der Waals surface area contributed by atoms with Crippen molar-refractivity contribution in [2.45, 2.75) is 19.3 Å². The molecule has 2 aliphatic rings. The molecule has 2 N–H and O–H groups in total. The number of aliphatic carboxylic acids is 1. The van der Waals surface area contributed by atoms with E-state index in [1.54, 1.807) is 17.0 Å². The van der Waals surface area contributed by atoms with Gasteiger partial charge < -0.3 is 19.8 Å². The Balaban J connectivity index is 1.88. The number of carboxylic acid groups (broad SMARTS) is 1. The molecular formula is C16H19NO5. The van der Waals surface area contributed by atoms with Gasteiger partial charge in [0, 0.05) is 13.1 Å². The van der Waals surface area contributed by atoms with Gasteiger partial charge in [-0.25, -0.2) is 0 Å². The van der Waals surface area contributed by atoms with Gasteiger partial charge in [0.15, 0.2) is 11.5 Å². The Morgan fingerprint density at radius 3 is 2.82 bits per heavy atom. The topological polar surface area (TPSA) is 87.1 Å². The lowest BCUT2D eigenvalue weighted by atomic mass is 9.81. The van der Waals surface area contributed by atoms with Crippen LogP contribution in [0.3, 0.4) is 0 Å². The van der Waals surface area contributed by atoms with Crippen molar-refractivity contribution in [1.29, 1.82) is 0 Å². The van der Waals surface area contributed by atoms with Crippen molar-refractivity contribution in [2.24, 2.45) is 11.3 Å². The van der Waals surface area contributed by atoms with Gasteiger partial charge in [0.05, 0.1) is 18.1 Å². The first-order valence-corrected chi connectivity index (χ1v) is 7.38. The number of carbonyl (C=O) groups is 2. The van der Waals surface area contributed by atoms with Gasteiger partial charge in [0.2, 0.25) is 0 Å². The molecule has 1 amide bonds. The van der Waals surface area contributed by atoms with Crippen LogP contribution in [0.25, 0.3) is 0 Å². The van der Waals surface area contributed by atoms with Gasteiger partial charge >= 0.3 is 5.97 Å². The fourth-order valence-corrected chi connectivity index (χ4v) is 3.82. The number of phenolic OH excluding ortho intramolecular Hbond substituents is 1. The van der Waals surface area contributed by atoms with Crippen molar-refractivity contribution < 1.29 is 24.5 Å². The van der Waals surface area contributed by atoms with E-state index in [1.807, 2.05) is 0 Å². The van der Waals surface area contributed by atoms with Crippen molar-refractivity contribution >= 4 is 11.9 Å². The van der Waals surface area contributed by atoms with E-state index in [-0.39, 0.29) is 35.4 Å². The highest BCUT2D eigenvalue weighted by Crippen LogP contribution is 2.49. The van der Waals surface area contributed by atoms with E-state index >= 15 is 0 Å². The lowest BCUT2D eigenvalue weighted by molar-refractivity contribution is -0.149. The minimum Gasteiger partial charge on any atom is -0.504 e. The number of hydrogen-bond acceptors (Lipinski definition) is 4. The van der Waals surface area contributed by atoms with Crippen molar-refractivity contribution in [1.82, 2.24) is 4.90 Å². The summed E-state index contributed by atoms with van der Waals surface area (Å²) < 4.78 is 5.02. The van der Waals surface area contributed by atoms with E-state index < -0.39 is 11.4 Å². The van der Waals surface area contributed by atoms with Crippen molar-refractivity contribution in [3.63, 3.8) is 0 Å². The summed E-state index contributed by atoms with van der Waals surface area (Å²) in [7, 11) is 1.42. The Bertz CT molecular complexity index is 629. The molecule has 0 bridgehead atoms. The normalized spacial score (nSPS) is 26.8. The van der Waals surface area contributed by atoms with Crippen LogP contribution < -0.4 is 4.74 Å². The molecule has 1 aliphatic heterocycles. The molecule has 2 fully saturated rings. The minimum atomic E-state index is -0.819. The monoisotopic (exact) mass is 305 g/mol. The largest absolute Gasteiger partial charge is 0.504 e. The first-order chi connectivity index (χ1) is 10.5. The van der Waals surface area contributed by atoms with Crippen LogP contribution in [0.5, 0.6) is 11.5 Å². The van der Waals surface area contributed by atoms with Gasteiger partial charge in [-0.2, -0.15) is 0 Å². The van der Waals surface area contributed by atoms with E-state index in [9.17, 15) is 19.8 Å². The second kappa shape index (κ2) is 5.19. The number of para-hydroxylation sites is 1. The van der Waals surface area contributed by atoms with Crippen molar-refractivity contribution in [3.8, 4) is 11.5 Å². The number of amides is 1. The predicted molar refractivity (Wildman–Crippen MR) is 78.0 cm³/mol. The number of hydrogen-bond donors (Lipinski definition) is 2. The van der Waals surface area contributed by atoms with Gasteiger partial charge in [-0.15, -0.1) is 0 Å². The third-order valence-electron chi connectivity index (χ3n) is 5.03. The Labute approximate surface area is 128 Å². The third-order valence-corrected chi connectivity index (χ3v) is 5.03. The zero-order valence-corrected chi connectivity index (χ0v) is 12.4. The summed E-state index contributed by atoms with van der Waals surface area (Å²) in [5.41, 5.74) is -0.663. The molecule has 0 unspecified atom stereocenters. The first kappa shape index (κ1) is 14.7. The molecule has 1 aromatic rings. The van der Waals surface area contributed by atoms with Crippen LogP contribution in [0.4, 0.5) is 0 Å². The molecular weight excluding hydrogens is 286 g/mol. The number of ether oxygens (including phenoxy) is 1. The number of methoxy groups -OCH3 is 1. The maximum atomic E-state index is 12.6. The fourth-order valence-electron chi connectivity index (χ4n) is 3.82. The standard InChI is InChI=1S/C16H19NO5/c1-22-12-6-2-5-11(13(12)18)14(19)17-8-10-4-3-7-16(10,9-17)15(20)21/h2,5-6,10,18H,3-4,7-9H2,1H3,(H,20,21)/t10-,16+/m0/s1. The zero-order chi connectivity index (χ0) is 15.9. The quantitative estimate of drug-likeness (QED) is 0.888. The van der Waals surface area contributed by atoms with E-state index in [4.69, 9.17) is 4.74 Å². The van der Waals surface area contributed by atoms with Crippen molar-refractivity contribution in [2.75, 3.05) is 20.2 Å². The molecule has 3 rings (SSSR count). The lowest BCUT2D eigenvalue weighted by Crippen LogP contribution is -2.37. The van der Waals surface area contributed by atoms with Crippen LogP contribution in [0.15, 0.2) is 18.2 Å². The average molecular weight is 305 g/mol. The first-order valence-electron chi connectivity index (χ1n) is 7.38. The molecule has 1 saturated heterocycles. The van der Waals surface area contributed by atoms with Crippen LogP contribution in [0.2, 0.25) is 0 Å². The van der Waals surface area contributed by atoms with E-state index in [1.165, 1.54) is 13.2 Å². The number of carbonyl (C=O) groups excluding carboxylic acids is 1. The van der Waals surface area contributed by atoms with E-state index in [0.29, 0.717) is 13.0 Å². The number of phenols is 1. The number of fused-ring (bicyclic) bond motifs is 1. The number of carboxylic acids is 1. The van der Waals surface area contributed by atoms with Gasteiger partial charge in [0.25, 0.3) is 5.91 Å². The zero-order valence-electron chi connectivity index (χ0n) is 12.4. The Morgan fingerprint density at radius 2 is 2.18 bits per heavy atom. The van der Waals surface area contributed by atoms with Gasteiger partial charge in [-0.3, -0.25) is 9.59 Å². The average Bonchev–Trinajstić information content (AvgIpc) is 3.04. The molecule has 6 heteroatoms. The molecule has 1 aliphatic carbocycles. The summed E-state index contributed by atoms with van der Waals surface area (Å²) in [4.78, 5) is 25.9. The molecule has 22 heavy (non-hydrogen) atoms. The van der Waals surface area contributed by atoms with E-state index in [0.717, 1.165) is 12.8 Å². The maximum absolute atomic E-state index is 12.6. The summed E-state index contributed by atoms with van der Waals surface area (Å²) in [6.45, 7) is 0.643. The molecule has 0 radical (unpaired) electrons. The Morgan fingerprint density at radius 1 is 1.41 bits per heavy atom. The highest BCUT2D eigenvalue weighted by Gasteiger charge is 2.55. The smallest absolute Gasteiger partial charge is 0.311 e. The minimum absolute atomic E-state index is 0.00157. The summed E-state index contributed by atoms with van der Waals surface area (Å²) in [6, 6.07) is 4.74. The predicted octanol–water partition coefficient (Wildman–Crippen LogP) is 1.73. The lowest BCUT2D eigenvalue weighted by Gasteiger charge is -2.23. The van der Waals surface area contributed by atoms with Gasteiger partial charge in [0.1, 0.15) is 0 Å². The highest BCUT2D eigenvalue weighted by atomic mass is 16.5. The molecule has 0 aromatic heterocycles. The number of rotatable bonds is 3. The Kier molecular flexibility index (Phi) is 3.47. The maximum Gasteiger partial charge on any atom is 0.311 e. The van der Waals surface area contributed by atoms with Crippen LogP contribution in [0.1, 0.15) is 29.6 Å². The highest BCUT2D eigenvalue weighted by molar-refractivity contribution is 5.98. The summed E-state index contributed by atoms with van der Waals surface area (Å²) in [5, 5.41) is 19.7.